The number of carbonyl (C=O) groups is 3. The second kappa shape index (κ2) is 11.7. The van der Waals surface area contributed by atoms with Crippen LogP contribution in [0.2, 0.25) is 10.3 Å². The molecule has 214 valence electrons. The summed E-state index contributed by atoms with van der Waals surface area (Å²) in [5.41, 5.74) is 3.20. The van der Waals surface area contributed by atoms with Gasteiger partial charge in [-0.25, -0.2) is 14.6 Å². The van der Waals surface area contributed by atoms with Gasteiger partial charge >= 0.3 is 11.9 Å². The molecule has 1 saturated heterocycles. The summed E-state index contributed by atoms with van der Waals surface area (Å²) in [5.74, 6) is -1.99. The topological polar surface area (TPSA) is 129 Å². The summed E-state index contributed by atoms with van der Waals surface area (Å²) >= 11 is 12.4. The molecule has 3 heterocycles. The van der Waals surface area contributed by atoms with Crippen molar-refractivity contribution in [3.8, 4) is 0 Å². The molecule has 42 heavy (non-hydrogen) atoms. The SMILES string of the molecule is O=C(Nc1cccc(C2OC(Cn3cnc(Cl)c3Cl)CC(c3ccc(CO)cc3)O2)c1)c1ccc2c(c1)C(=O)OC2=O. The number of hydrogen-bond donors (Lipinski definition) is 2. The molecule has 0 aliphatic carbocycles. The summed E-state index contributed by atoms with van der Waals surface area (Å²) in [6.45, 7) is 0.315. The molecular formula is C30H23Cl2N3O7. The van der Waals surface area contributed by atoms with Crippen molar-refractivity contribution in [1.29, 1.82) is 0 Å². The van der Waals surface area contributed by atoms with E-state index < -0.39 is 24.1 Å². The lowest BCUT2D eigenvalue weighted by Crippen LogP contribution is -2.32. The molecule has 3 unspecified atom stereocenters. The number of nitrogens with one attached hydrogen (secondary N) is 1. The monoisotopic (exact) mass is 607 g/mol. The number of aliphatic hydroxyl groups excluding tert-OH is 1. The Hall–Kier alpha value is -4.06. The lowest BCUT2D eigenvalue weighted by atomic mass is 10.00. The Morgan fingerprint density at radius 3 is 2.50 bits per heavy atom. The van der Waals surface area contributed by atoms with Crippen LogP contribution in [0.25, 0.3) is 0 Å². The van der Waals surface area contributed by atoms with E-state index in [1.165, 1.54) is 18.2 Å². The Bertz CT molecular complexity index is 1690. The van der Waals surface area contributed by atoms with Gasteiger partial charge in [-0.15, -0.1) is 0 Å². The first-order chi connectivity index (χ1) is 20.3. The number of nitrogens with zero attached hydrogens (tertiary/aromatic N) is 2. The van der Waals surface area contributed by atoms with Crippen LogP contribution in [0, 0.1) is 0 Å². The van der Waals surface area contributed by atoms with E-state index in [2.05, 4.69) is 15.0 Å². The number of fused-ring (bicyclic) bond motifs is 1. The number of imidazole rings is 1. The van der Waals surface area contributed by atoms with Crippen LogP contribution in [-0.4, -0.2) is 38.6 Å². The largest absolute Gasteiger partial charge is 0.392 e. The Morgan fingerprint density at radius 1 is 0.976 bits per heavy atom. The van der Waals surface area contributed by atoms with E-state index in [0.29, 0.717) is 29.4 Å². The van der Waals surface area contributed by atoms with E-state index in [1.807, 2.05) is 30.3 Å². The number of aliphatic hydroxyl groups is 1. The number of aromatic nitrogens is 2. The average molecular weight is 608 g/mol. The van der Waals surface area contributed by atoms with Gasteiger partial charge in [0, 0.05) is 23.2 Å². The van der Waals surface area contributed by atoms with Crippen molar-refractivity contribution in [2.24, 2.45) is 0 Å². The first-order valence-electron chi connectivity index (χ1n) is 13.0. The molecule has 2 aliphatic heterocycles. The van der Waals surface area contributed by atoms with Crippen molar-refractivity contribution >= 4 is 46.7 Å². The molecule has 2 N–H and O–H groups in total. The third-order valence-electron chi connectivity index (χ3n) is 7.07. The zero-order valence-corrected chi connectivity index (χ0v) is 23.3. The molecule has 4 aromatic rings. The summed E-state index contributed by atoms with van der Waals surface area (Å²) in [6.07, 6.45) is 0.601. The van der Waals surface area contributed by atoms with Crippen molar-refractivity contribution in [3.63, 3.8) is 0 Å². The van der Waals surface area contributed by atoms with Crippen LogP contribution in [0.3, 0.4) is 0 Å². The molecule has 1 aromatic heterocycles. The van der Waals surface area contributed by atoms with Gasteiger partial charge in [0.2, 0.25) is 0 Å². The lowest BCUT2D eigenvalue weighted by molar-refractivity contribution is -0.252. The summed E-state index contributed by atoms with van der Waals surface area (Å²) in [7, 11) is 0. The molecular weight excluding hydrogens is 585 g/mol. The number of hydrogen-bond acceptors (Lipinski definition) is 8. The summed E-state index contributed by atoms with van der Waals surface area (Å²) in [5, 5.41) is 12.8. The average Bonchev–Trinajstić information content (AvgIpc) is 3.48. The Kier molecular flexibility index (Phi) is 7.80. The van der Waals surface area contributed by atoms with Crippen LogP contribution in [-0.2, 0) is 27.4 Å². The van der Waals surface area contributed by atoms with Gasteiger partial charge in [-0.2, -0.15) is 0 Å². The number of carbonyl (C=O) groups excluding carboxylic acids is 3. The third kappa shape index (κ3) is 5.67. The molecule has 3 atom stereocenters. The van der Waals surface area contributed by atoms with Crippen LogP contribution in [0.5, 0.6) is 0 Å². The highest BCUT2D eigenvalue weighted by molar-refractivity contribution is 6.40. The van der Waals surface area contributed by atoms with Crippen molar-refractivity contribution < 1.29 is 33.7 Å². The molecule has 2 aliphatic rings. The van der Waals surface area contributed by atoms with Gasteiger partial charge in [-0.1, -0.05) is 59.6 Å². The molecule has 1 fully saturated rings. The number of ether oxygens (including phenoxy) is 3. The fourth-order valence-corrected chi connectivity index (χ4v) is 5.23. The predicted octanol–water partition coefficient (Wildman–Crippen LogP) is 5.49. The number of halogens is 2. The fourth-order valence-electron chi connectivity index (χ4n) is 4.92. The van der Waals surface area contributed by atoms with E-state index in [4.69, 9.17) is 32.7 Å². The van der Waals surface area contributed by atoms with Gasteiger partial charge in [0.1, 0.15) is 5.15 Å². The molecule has 10 nitrogen and oxygen atoms in total. The number of amides is 1. The smallest absolute Gasteiger partial charge is 0.346 e. The maximum Gasteiger partial charge on any atom is 0.346 e. The molecule has 3 aromatic carbocycles. The van der Waals surface area contributed by atoms with Crippen molar-refractivity contribution in [1.82, 2.24) is 9.55 Å². The lowest BCUT2D eigenvalue weighted by Gasteiger charge is -2.36. The number of benzene rings is 3. The zero-order chi connectivity index (χ0) is 29.4. The molecule has 0 bridgehead atoms. The minimum absolute atomic E-state index is 0.0498. The van der Waals surface area contributed by atoms with Crippen molar-refractivity contribution in [2.45, 2.75) is 38.1 Å². The first kappa shape index (κ1) is 28.1. The fraction of sp³-hybridized carbons (Fsp3) is 0.200. The maximum absolute atomic E-state index is 13.0. The Labute approximate surface area is 249 Å². The van der Waals surface area contributed by atoms with E-state index >= 15 is 0 Å². The van der Waals surface area contributed by atoms with Gasteiger partial charge < -0.3 is 29.2 Å². The highest BCUT2D eigenvalue weighted by Crippen LogP contribution is 2.39. The predicted molar refractivity (Wildman–Crippen MR) is 151 cm³/mol. The van der Waals surface area contributed by atoms with Crippen LogP contribution in [0.15, 0.2) is 73.1 Å². The van der Waals surface area contributed by atoms with Gasteiger partial charge in [-0.05, 0) is 41.5 Å². The van der Waals surface area contributed by atoms with Gasteiger partial charge in [0.15, 0.2) is 11.4 Å². The molecule has 6 rings (SSSR count). The summed E-state index contributed by atoms with van der Waals surface area (Å²) in [4.78, 5) is 40.7. The minimum Gasteiger partial charge on any atom is -0.392 e. The number of cyclic esters (lactones) is 2. The van der Waals surface area contributed by atoms with E-state index in [0.717, 1.165) is 11.1 Å². The standard InChI is InChI=1S/C30H23Cl2N3O7/c31-25-26(32)35(15-33-25)13-21-12-24(17-6-4-16(14-36)5-7-17)41-30(40-21)19-2-1-3-20(10-19)34-27(37)18-8-9-22-23(11-18)29(39)42-28(22)38/h1-11,15,21,24,30,36H,12-14H2,(H,34,37). The van der Waals surface area contributed by atoms with Gasteiger partial charge in [0.05, 0.1) is 42.8 Å². The highest BCUT2D eigenvalue weighted by Gasteiger charge is 2.33. The van der Waals surface area contributed by atoms with Crippen LogP contribution >= 0.6 is 23.2 Å². The van der Waals surface area contributed by atoms with E-state index in [1.54, 1.807) is 29.1 Å². The molecule has 0 saturated carbocycles. The first-order valence-corrected chi connectivity index (χ1v) is 13.7. The minimum atomic E-state index is -0.790. The number of esters is 2. The second-order valence-electron chi connectivity index (χ2n) is 9.85. The molecule has 12 heteroatoms. The summed E-state index contributed by atoms with van der Waals surface area (Å²) < 4.78 is 19.0. The third-order valence-corrected chi connectivity index (χ3v) is 7.84. The second-order valence-corrected chi connectivity index (χ2v) is 10.6. The Morgan fingerprint density at radius 2 is 1.76 bits per heavy atom. The summed E-state index contributed by atoms with van der Waals surface area (Å²) in [6, 6.07) is 18.7. The molecule has 0 spiro atoms. The van der Waals surface area contributed by atoms with Gasteiger partial charge in [-0.3, -0.25) is 4.79 Å². The van der Waals surface area contributed by atoms with Crippen LogP contribution in [0.1, 0.15) is 66.6 Å². The van der Waals surface area contributed by atoms with Gasteiger partial charge in [0.25, 0.3) is 5.91 Å². The quantitative estimate of drug-likeness (QED) is 0.208. The van der Waals surface area contributed by atoms with Crippen LogP contribution < -0.4 is 5.32 Å². The zero-order valence-electron chi connectivity index (χ0n) is 21.8. The molecule has 0 radical (unpaired) electrons. The highest BCUT2D eigenvalue weighted by atomic mass is 35.5. The normalized spacial score (nSPS) is 19.8. The number of anilines is 1. The Balaban J connectivity index is 1.24. The van der Waals surface area contributed by atoms with E-state index in [-0.39, 0.29) is 40.7 Å². The maximum atomic E-state index is 13.0. The van der Waals surface area contributed by atoms with E-state index in [9.17, 15) is 19.5 Å². The van der Waals surface area contributed by atoms with Crippen LogP contribution in [0.4, 0.5) is 5.69 Å². The molecule has 1 amide bonds. The van der Waals surface area contributed by atoms with Crippen molar-refractivity contribution in [2.75, 3.05) is 5.32 Å². The van der Waals surface area contributed by atoms with Crippen molar-refractivity contribution in [3.05, 3.63) is 117 Å². The number of rotatable bonds is 7.